The molecule has 98 heavy (non-hydrogen) atoms. The Morgan fingerprint density at radius 2 is 0.306 bits per heavy atom. The summed E-state index contributed by atoms with van der Waals surface area (Å²) in [4.78, 5) is 9.92. The highest BCUT2D eigenvalue weighted by molar-refractivity contribution is 5.64. The van der Waals surface area contributed by atoms with E-state index in [-0.39, 0.29) is 25.4 Å². The Labute approximate surface area is 629 Å². The summed E-state index contributed by atoms with van der Waals surface area (Å²) in [6, 6.07) is 0. The van der Waals surface area contributed by atoms with Crippen molar-refractivity contribution < 1.29 is 40.9 Å². The van der Waals surface area contributed by atoms with Gasteiger partial charge in [0.2, 0.25) is 0 Å². The fraction of sp³-hybridized carbons (Fsp3) is 0.989. The Hall–Kier alpha value is -0.400. The second kappa shape index (κ2) is 94.6. The van der Waals surface area contributed by atoms with Crippen molar-refractivity contribution in [3.8, 4) is 0 Å². The van der Waals surface area contributed by atoms with E-state index in [1.54, 1.807) is 0 Å². The molecule has 0 atom stereocenters. The number of hydrogen-bond acceptors (Lipinski definition) is 3. The van der Waals surface area contributed by atoms with Gasteiger partial charge in [-0.1, -0.05) is 372 Å². The van der Waals surface area contributed by atoms with E-state index in [9.17, 15) is 15.0 Å². The molecule has 0 bridgehead atoms. The van der Waals surface area contributed by atoms with Crippen molar-refractivity contribution in [2.75, 3.05) is 86.7 Å². The van der Waals surface area contributed by atoms with Gasteiger partial charge in [-0.15, -0.1) is 6.61 Å². The zero-order valence-corrected chi connectivity index (χ0v) is 71.9. The van der Waals surface area contributed by atoms with Crippen molar-refractivity contribution in [1.82, 2.24) is 0 Å². The van der Waals surface area contributed by atoms with Crippen LogP contribution < -0.4 is 22.6 Å². The van der Waals surface area contributed by atoms with Crippen LogP contribution in [0.3, 0.4) is 0 Å². The van der Waals surface area contributed by atoms with Crippen molar-refractivity contribution in [1.29, 1.82) is 0 Å². The third kappa shape index (κ3) is 97.7. The van der Waals surface area contributed by atoms with E-state index >= 15 is 0 Å². The van der Waals surface area contributed by atoms with Crippen LogP contribution >= 0.6 is 0 Å². The fourth-order valence-corrected chi connectivity index (χ4v) is 14.2. The zero-order valence-electron chi connectivity index (χ0n) is 71.2. The highest BCUT2D eigenvalue weighted by Crippen LogP contribution is 2.21. The molecular weight excluding hydrogens is 1220 g/mol. The summed E-state index contributed by atoms with van der Waals surface area (Å²) in [7, 11) is 7.68. The Bertz CT molecular complexity index is 1110. The largest absolute Gasteiger partial charge is 1.00 e. The van der Waals surface area contributed by atoms with Gasteiger partial charge in [0.15, 0.2) is 0 Å². The van der Waals surface area contributed by atoms with Gasteiger partial charge >= 0.3 is 0 Å². The zero-order chi connectivity index (χ0) is 72.8. The van der Waals surface area contributed by atoms with E-state index in [4.69, 9.17) is 0 Å². The SMILES string of the molecule is CCCCCCCC(=O)[O-].CCCCCCCC[N+](C)(CCCCCCCC)CCCCCCCC.CCCCCCCC[N+](C)(CCCCCCCC)CCCCCCCC.CCCCCCCC[N+](C)(CCCCCCCC)CCCCCCCC.CCCCCCCC[O-].[Cl-]. The molecule has 0 aliphatic heterocycles. The first kappa shape index (κ1) is 109. The van der Waals surface area contributed by atoms with E-state index < -0.39 is 5.97 Å². The van der Waals surface area contributed by atoms with Gasteiger partial charge in [-0.3, -0.25) is 0 Å². The number of carboxylic acid groups (broad SMARTS) is 1. The third-order valence-electron chi connectivity index (χ3n) is 21.4. The van der Waals surface area contributed by atoms with Crippen molar-refractivity contribution in [2.45, 2.75) is 500 Å². The molecule has 0 heterocycles. The van der Waals surface area contributed by atoms with Crippen LogP contribution in [0.5, 0.6) is 0 Å². The van der Waals surface area contributed by atoms with Crippen LogP contribution in [0, 0.1) is 0 Å². The van der Waals surface area contributed by atoms with Gasteiger partial charge in [0.05, 0.1) is 80.0 Å². The van der Waals surface area contributed by atoms with Crippen LogP contribution in [0.2, 0.25) is 0 Å². The summed E-state index contributed by atoms with van der Waals surface area (Å²) < 4.78 is 4.07. The molecule has 0 saturated heterocycles. The lowest BCUT2D eigenvalue weighted by atomic mass is 10.1. The minimum absolute atomic E-state index is 0. The minimum Gasteiger partial charge on any atom is -1.00 e. The molecule has 0 amide bonds. The number of carbonyl (C=O) groups excluding carboxylic acids is 1. The highest BCUT2D eigenvalue weighted by atomic mass is 35.5. The van der Waals surface area contributed by atoms with Gasteiger partial charge in [0, 0.05) is 5.97 Å². The summed E-state index contributed by atoms with van der Waals surface area (Å²) in [5.41, 5.74) is 0. The number of halogens is 1. The summed E-state index contributed by atoms with van der Waals surface area (Å²) in [5, 5.41) is 19.9. The van der Waals surface area contributed by atoms with Crippen molar-refractivity contribution >= 4 is 5.97 Å². The van der Waals surface area contributed by atoms with E-state index in [1.165, 1.54) is 458 Å². The number of rotatable bonds is 75. The number of carboxylic acids is 1. The van der Waals surface area contributed by atoms with Gasteiger partial charge in [-0.2, -0.15) is 0 Å². The molecule has 0 fully saturated rings. The maximum atomic E-state index is 9.96. The lowest BCUT2D eigenvalue weighted by Crippen LogP contribution is -3.00. The predicted octanol–water partition coefficient (Wildman–Crippen LogP) is 25.4. The lowest BCUT2D eigenvalue weighted by molar-refractivity contribution is -0.910. The highest BCUT2D eigenvalue weighted by Gasteiger charge is 2.23. The monoisotopic (exact) mass is 1410 g/mol. The van der Waals surface area contributed by atoms with E-state index in [2.05, 4.69) is 97.3 Å². The molecule has 0 aliphatic carbocycles. The van der Waals surface area contributed by atoms with Gasteiger partial charge in [-0.05, 0) is 128 Å². The summed E-state index contributed by atoms with van der Waals surface area (Å²) >= 11 is 0. The third-order valence-corrected chi connectivity index (χ3v) is 21.4. The van der Waals surface area contributed by atoms with Gasteiger partial charge in [0.25, 0.3) is 0 Å². The number of aliphatic carboxylic acids is 1. The van der Waals surface area contributed by atoms with E-state index in [0.29, 0.717) is 0 Å². The first-order valence-electron chi connectivity index (χ1n) is 45.5. The lowest BCUT2D eigenvalue weighted by Gasteiger charge is -2.35. The molecule has 0 aliphatic rings. The molecule has 0 aromatic carbocycles. The molecule has 0 aromatic rings. The maximum absolute atomic E-state index is 9.96. The van der Waals surface area contributed by atoms with Crippen molar-refractivity contribution in [3.63, 3.8) is 0 Å². The molecule has 7 heteroatoms. The quantitative estimate of drug-likeness (QED) is 0.0450. The fourth-order valence-electron chi connectivity index (χ4n) is 14.2. The van der Waals surface area contributed by atoms with Crippen LogP contribution in [-0.2, 0) is 4.79 Å². The first-order valence-corrected chi connectivity index (χ1v) is 45.5. The van der Waals surface area contributed by atoms with Crippen LogP contribution in [0.1, 0.15) is 500 Å². The number of unbranched alkanes of at least 4 members (excludes halogenated alkanes) is 54. The molecule has 0 aromatic heterocycles. The van der Waals surface area contributed by atoms with Crippen LogP contribution in [0.4, 0.5) is 0 Å². The molecule has 0 rings (SSSR count). The Morgan fingerprint density at radius 3 is 0.429 bits per heavy atom. The molecular formula is C91H194ClN3O3. The Kier molecular flexibility index (Phi) is 105. The smallest absolute Gasteiger partial charge is 0.0784 e. The predicted molar refractivity (Wildman–Crippen MR) is 439 cm³/mol. The Morgan fingerprint density at radius 1 is 0.194 bits per heavy atom. The molecule has 598 valence electrons. The number of nitrogens with zero attached hydrogens (tertiary/aromatic N) is 3. The van der Waals surface area contributed by atoms with E-state index in [1.807, 2.05) is 0 Å². The second-order valence-corrected chi connectivity index (χ2v) is 32.3. The maximum Gasteiger partial charge on any atom is 0.0784 e. The first-order chi connectivity index (χ1) is 47.2. The van der Waals surface area contributed by atoms with Gasteiger partial charge < -0.3 is 40.9 Å². The second-order valence-electron chi connectivity index (χ2n) is 32.3. The normalized spacial score (nSPS) is 11.5. The molecule has 0 saturated carbocycles. The van der Waals surface area contributed by atoms with E-state index in [0.717, 1.165) is 32.1 Å². The number of quaternary nitrogens is 3. The topological polar surface area (TPSA) is 63.2 Å². The summed E-state index contributed by atoms with van der Waals surface area (Å²) in [6.45, 7) is 38.1. The number of hydrogen-bond donors (Lipinski definition) is 0. The minimum atomic E-state index is -0.920. The summed E-state index contributed by atoms with van der Waals surface area (Å²) in [5.74, 6) is -0.920. The average Bonchev–Trinajstić information content (AvgIpc) is 1.06. The molecule has 0 radical (unpaired) electrons. The van der Waals surface area contributed by atoms with Gasteiger partial charge in [-0.25, -0.2) is 0 Å². The number of carbonyl (C=O) groups is 1. The van der Waals surface area contributed by atoms with Crippen molar-refractivity contribution in [3.05, 3.63) is 0 Å². The molecule has 0 N–H and O–H groups in total. The van der Waals surface area contributed by atoms with Crippen LogP contribution in [0.25, 0.3) is 0 Å². The molecule has 6 nitrogen and oxygen atoms in total. The van der Waals surface area contributed by atoms with Crippen LogP contribution in [0.15, 0.2) is 0 Å². The van der Waals surface area contributed by atoms with Crippen LogP contribution in [-0.4, -0.2) is 106 Å². The Balaban J connectivity index is -0.000000284. The van der Waals surface area contributed by atoms with Gasteiger partial charge in [0.1, 0.15) is 0 Å². The summed E-state index contributed by atoms with van der Waals surface area (Å²) in [6.07, 6.45) is 90.4. The van der Waals surface area contributed by atoms with Crippen molar-refractivity contribution in [2.24, 2.45) is 0 Å². The molecule has 0 unspecified atom stereocenters. The molecule has 0 spiro atoms. The standard InChI is InChI=1S/3C25H54N.C8H16O2.C8H17O.ClH/c3*1-5-8-11-14-17-20-23-26(4,24-21-18-15-12-9-6-2)25-22-19-16-13-10-7-3;1-2-3-4-5-6-7-8(9)10;1-2-3-4-5-6-7-8-9;/h3*5-25H2,1-4H3;2-7H2,1H3,(H,9,10);2-8H2,1H3;1H/q3*+1;;-1;/p-2. The average molecular weight is 1410 g/mol.